The molecule has 0 spiro atoms. The van der Waals surface area contributed by atoms with Crippen LogP contribution >= 0.6 is 11.3 Å². The highest BCUT2D eigenvalue weighted by atomic mass is 32.1. The number of fused-ring (bicyclic) bond motifs is 1. The van der Waals surface area contributed by atoms with Crippen LogP contribution in [0.2, 0.25) is 0 Å². The van der Waals surface area contributed by atoms with Crippen molar-refractivity contribution >= 4 is 28.3 Å². The van der Waals surface area contributed by atoms with Gasteiger partial charge in [0.1, 0.15) is 17.0 Å². The van der Waals surface area contributed by atoms with Crippen molar-refractivity contribution in [1.29, 1.82) is 0 Å². The van der Waals surface area contributed by atoms with Gasteiger partial charge in [-0.25, -0.2) is 4.98 Å². The van der Waals surface area contributed by atoms with Gasteiger partial charge in [-0.05, 0) is 47.7 Å². The van der Waals surface area contributed by atoms with E-state index in [1.54, 1.807) is 25.6 Å². The van der Waals surface area contributed by atoms with Crippen molar-refractivity contribution < 1.29 is 9.47 Å². The summed E-state index contributed by atoms with van der Waals surface area (Å²) in [5.41, 5.74) is 5.12. The molecule has 1 aromatic carbocycles. The number of nitrogens with zero attached hydrogens (tertiary/aromatic N) is 3. The molecule has 0 fully saturated rings. The van der Waals surface area contributed by atoms with E-state index in [-0.39, 0.29) is 0 Å². The molecule has 1 N–H and O–H groups in total. The van der Waals surface area contributed by atoms with Crippen molar-refractivity contribution in [3.8, 4) is 22.8 Å². The number of aromatic nitrogens is 3. The van der Waals surface area contributed by atoms with Crippen LogP contribution < -0.4 is 14.8 Å². The van der Waals surface area contributed by atoms with E-state index in [4.69, 9.17) is 9.47 Å². The number of nitrogens with one attached hydrogen (secondary N) is 1. The van der Waals surface area contributed by atoms with E-state index in [1.165, 1.54) is 0 Å². The normalized spacial score (nSPS) is 11.0. The van der Waals surface area contributed by atoms with Crippen LogP contribution in [0.4, 0.5) is 5.95 Å². The summed E-state index contributed by atoms with van der Waals surface area (Å²) in [6.07, 6.45) is 2.63. The molecule has 28 heavy (non-hydrogen) atoms. The number of aryl methyl sites for hydroxylation is 1. The Morgan fingerprint density at radius 1 is 1.14 bits per heavy atom. The predicted octanol–water partition coefficient (Wildman–Crippen LogP) is 4.37. The van der Waals surface area contributed by atoms with Crippen LogP contribution in [0.15, 0.2) is 47.3 Å². The average Bonchev–Trinajstić information content (AvgIpc) is 3.36. The number of ether oxygens (including phenoxy) is 2. The van der Waals surface area contributed by atoms with Crippen LogP contribution in [0.5, 0.6) is 11.5 Å². The Bertz CT molecular complexity index is 1090. The van der Waals surface area contributed by atoms with E-state index in [9.17, 15) is 0 Å². The first-order chi connectivity index (χ1) is 13.7. The Kier molecular flexibility index (Phi) is 5.16. The second-order valence-electron chi connectivity index (χ2n) is 6.42. The highest BCUT2D eigenvalue weighted by Gasteiger charge is 2.11. The minimum atomic E-state index is 0.728. The summed E-state index contributed by atoms with van der Waals surface area (Å²) >= 11 is 1.67. The maximum atomic E-state index is 5.46. The Morgan fingerprint density at radius 2 is 2.04 bits per heavy atom. The highest BCUT2D eigenvalue weighted by Crippen LogP contribution is 2.26. The van der Waals surface area contributed by atoms with E-state index in [0.29, 0.717) is 0 Å². The van der Waals surface area contributed by atoms with E-state index in [1.807, 2.05) is 31.4 Å². The first-order valence-electron chi connectivity index (χ1n) is 8.99. The van der Waals surface area contributed by atoms with Gasteiger partial charge in [-0.1, -0.05) is 0 Å². The van der Waals surface area contributed by atoms with Gasteiger partial charge in [-0.3, -0.25) is 4.98 Å². The zero-order valence-corrected chi connectivity index (χ0v) is 16.9. The topological polar surface area (TPSA) is 61.2 Å². The van der Waals surface area contributed by atoms with Crippen molar-refractivity contribution in [1.82, 2.24) is 14.5 Å². The molecule has 0 radical (unpaired) electrons. The zero-order chi connectivity index (χ0) is 19.5. The van der Waals surface area contributed by atoms with Crippen molar-refractivity contribution in [3.63, 3.8) is 0 Å². The van der Waals surface area contributed by atoms with Crippen molar-refractivity contribution in [3.05, 3.63) is 52.9 Å². The number of methoxy groups -OCH3 is 2. The van der Waals surface area contributed by atoms with Crippen LogP contribution in [-0.4, -0.2) is 35.3 Å². The van der Waals surface area contributed by atoms with Crippen molar-refractivity contribution in [2.24, 2.45) is 7.05 Å². The van der Waals surface area contributed by atoms with Gasteiger partial charge in [0.15, 0.2) is 0 Å². The zero-order valence-electron chi connectivity index (χ0n) is 16.1. The highest BCUT2D eigenvalue weighted by molar-refractivity contribution is 7.08. The SMILES string of the molecule is COc1ccc(OC)c(CCNc2nc3cnc(-c4ccsc4)cc3n2C)c1. The Labute approximate surface area is 167 Å². The van der Waals surface area contributed by atoms with Gasteiger partial charge in [0, 0.05) is 24.5 Å². The van der Waals surface area contributed by atoms with Crippen LogP contribution in [0.25, 0.3) is 22.3 Å². The summed E-state index contributed by atoms with van der Waals surface area (Å²) in [6.45, 7) is 0.728. The molecule has 0 saturated carbocycles. The molecule has 3 heterocycles. The average molecular weight is 395 g/mol. The van der Waals surface area contributed by atoms with Gasteiger partial charge in [-0.15, -0.1) is 0 Å². The molecule has 7 heteroatoms. The molecule has 0 aliphatic carbocycles. The number of benzene rings is 1. The second-order valence-corrected chi connectivity index (χ2v) is 7.20. The number of anilines is 1. The van der Waals surface area contributed by atoms with Crippen molar-refractivity contribution in [2.75, 3.05) is 26.1 Å². The molecule has 0 unspecified atom stereocenters. The van der Waals surface area contributed by atoms with Gasteiger partial charge in [0.2, 0.25) is 5.95 Å². The van der Waals surface area contributed by atoms with E-state index in [2.05, 4.69) is 42.7 Å². The molecule has 0 amide bonds. The Balaban J connectivity index is 1.52. The number of hydrogen-bond acceptors (Lipinski definition) is 6. The largest absolute Gasteiger partial charge is 0.497 e. The Hall–Kier alpha value is -3.06. The van der Waals surface area contributed by atoms with Gasteiger partial charge >= 0.3 is 0 Å². The minimum absolute atomic E-state index is 0.728. The third-order valence-electron chi connectivity index (χ3n) is 4.75. The fourth-order valence-corrected chi connectivity index (χ4v) is 3.86. The maximum absolute atomic E-state index is 5.46. The van der Waals surface area contributed by atoms with Gasteiger partial charge in [0.05, 0.1) is 31.6 Å². The summed E-state index contributed by atoms with van der Waals surface area (Å²) < 4.78 is 12.8. The number of rotatable bonds is 7. The monoisotopic (exact) mass is 394 g/mol. The molecule has 4 aromatic rings. The van der Waals surface area contributed by atoms with Gasteiger partial charge in [-0.2, -0.15) is 11.3 Å². The summed E-state index contributed by atoms with van der Waals surface area (Å²) in [6, 6.07) is 10.0. The van der Waals surface area contributed by atoms with E-state index < -0.39 is 0 Å². The third kappa shape index (κ3) is 3.53. The van der Waals surface area contributed by atoms with Crippen LogP contribution in [0.1, 0.15) is 5.56 Å². The fourth-order valence-electron chi connectivity index (χ4n) is 3.21. The molecule has 3 aromatic heterocycles. The molecule has 0 atom stereocenters. The summed E-state index contributed by atoms with van der Waals surface area (Å²) in [5.74, 6) is 2.50. The number of hydrogen-bond donors (Lipinski definition) is 1. The first-order valence-corrected chi connectivity index (χ1v) is 9.93. The molecule has 144 valence electrons. The standard InChI is InChI=1S/C21H22N4O2S/c1-25-19-11-17(15-7-9-28-13-15)23-12-18(19)24-21(25)22-8-6-14-10-16(26-2)4-5-20(14)27-3/h4-5,7,9-13H,6,8H2,1-3H3,(H,22,24). The van der Waals surface area contributed by atoms with Gasteiger partial charge in [0.25, 0.3) is 0 Å². The molecular weight excluding hydrogens is 372 g/mol. The second kappa shape index (κ2) is 7.90. The quantitative estimate of drug-likeness (QED) is 0.504. The molecule has 0 saturated heterocycles. The molecule has 0 bridgehead atoms. The van der Waals surface area contributed by atoms with Crippen LogP contribution in [-0.2, 0) is 13.5 Å². The third-order valence-corrected chi connectivity index (χ3v) is 5.43. The number of thiophene rings is 1. The summed E-state index contributed by atoms with van der Waals surface area (Å²) in [5, 5.41) is 7.59. The molecule has 6 nitrogen and oxygen atoms in total. The predicted molar refractivity (Wildman–Crippen MR) is 114 cm³/mol. The van der Waals surface area contributed by atoms with Crippen LogP contribution in [0, 0.1) is 0 Å². The molecular formula is C21H22N4O2S. The number of pyridine rings is 1. The van der Waals surface area contributed by atoms with Gasteiger partial charge < -0.3 is 19.4 Å². The van der Waals surface area contributed by atoms with Crippen LogP contribution in [0.3, 0.4) is 0 Å². The first kappa shape index (κ1) is 18.3. The maximum Gasteiger partial charge on any atom is 0.203 e. The Morgan fingerprint density at radius 3 is 2.79 bits per heavy atom. The lowest BCUT2D eigenvalue weighted by Gasteiger charge is -2.11. The number of imidazole rings is 1. The summed E-state index contributed by atoms with van der Waals surface area (Å²) in [4.78, 5) is 9.22. The molecule has 0 aliphatic heterocycles. The van der Waals surface area contributed by atoms with Crippen molar-refractivity contribution in [2.45, 2.75) is 6.42 Å². The van der Waals surface area contributed by atoms with E-state index >= 15 is 0 Å². The lowest BCUT2D eigenvalue weighted by atomic mass is 10.1. The minimum Gasteiger partial charge on any atom is -0.497 e. The fraction of sp³-hybridized carbons (Fsp3) is 0.238. The smallest absolute Gasteiger partial charge is 0.203 e. The van der Waals surface area contributed by atoms with E-state index in [0.717, 1.165) is 58.3 Å². The lowest BCUT2D eigenvalue weighted by Crippen LogP contribution is -2.09. The summed E-state index contributed by atoms with van der Waals surface area (Å²) in [7, 11) is 5.37. The lowest BCUT2D eigenvalue weighted by molar-refractivity contribution is 0.399. The molecule has 4 rings (SSSR count). The molecule has 0 aliphatic rings.